The van der Waals surface area contributed by atoms with Crippen molar-refractivity contribution in [3.8, 4) is 0 Å². The van der Waals surface area contributed by atoms with Crippen molar-refractivity contribution in [2.45, 2.75) is 31.8 Å². The maximum absolute atomic E-state index is 11.4. The van der Waals surface area contributed by atoms with Gasteiger partial charge in [-0.2, -0.15) is 4.91 Å². The second kappa shape index (κ2) is 5.70. The van der Waals surface area contributed by atoms with Gasteiger partial charge in [0, 0.05) is 0 Å². The van der Waals surface area contributed by atoms with Crippen molar-refractivity contribution in [1.82, 2.24) is 0 Å². The van der Waals surface area contributed by atoms with Crippen molar-refractivity contribution in [2.24, 2.45) is 11.1 Å². The van der Waals surface area contributed by atoms with E-state index in [1.54, 1.807) is 0 Å². The molecular weight excluding hydrogens is 186 g/mol. The van der Waals surface area contributed by atoms with E-state index in [0.717, 1.165) is 12.8 Å². The third-order valence-corrected chi connectivity index (χ3v) is 2.46. The number of hydrogen-bond donors (Lipinski definition) is 1. The van der Waals surface area contributed by atoms with Gasteiger partial charge in [0.1, 0.15) is 13.2 Å². The number of carbonyl (C=O) groups is 1. The number of rotatable bonds is 4. The van der Waals surface area contributed by atoms with E-state index in [1.165, 1.54) is 0 Å². The fraction of sp³-hybridized carbons (Fsp3) is 0.889. The summed E-state index contributed by atoms with van der Waals surface area (Å²) < 4.78 is 4.80. The molecule has 80 valence electrons. The molecule has 0 amide bonds. The number of ether oxygens (including phenoxy) is 1. The number of esters is 1. The lowest BCUT2D eigenvalue weighted by molar-refractivity contribution is -0.153. The van der Waals surface area contributed by atoms with Crippen molar-refractivity contribution in [1.29, 1.82) is 0 Å². The third kappa shape index (κ3) is 3.06. The summed E-state index contributed by atoms with van der Waals surface area (Å²) in [5.74, 6) is -0.809. The normalized spacial score (nSPS) is 26.9. The molecular formula is C9H15NO4. The molecule has 0 heterocycles. The largest absolute Gasteiger partial charge is 0.463 e. The molecule has 0 aromatic heterocycles. The maximum Gasteiger partial charge on any atom is 0.311 e. The molecule has 2 unspecified atom stereocenters. The fourth-order valence-electron chi connectivity index (χ4n) is 1.68. The minimum atomic E-state index is -0.583. The van der Waals surface area contributed by atoms with E-state index in [9.17, 15) is 14.8 Å². The van der Waals surface area contributed by atoms with E-state index < -0.39 is 18.0 Å². The van der Waals surface area contributed by atoms with Gasteiger partial charge in [-0.3, -0.25) is 4.79 Å². The van der Waals surface area contributed by atoms with Crippen LogP contribution >= 0.6 is 0 Å². The molecule has 0 aliphatic heterocycles. The first-order chi connectivity index (χ1) is 6.75. The molecule has 0 saturated heterocycles. The highest BCUT2D eigenvalue weighted by molar-refractivity contribution is 5.73. The van der Waals surface area contributed by atoms with E-state index in [-0.39, 0.29) is 13.2 Å². The lowest BCUT2D eigenvalue weighted by Crippen LogP contribution is -2.33. The van der Waals surface area contributed by atoms with Crippen LogP contribution in [0.15, 0.2) is 5.18 Å². The molecule has 0 aromatic carbocycles. The maximum atomic E-state index is 11.4. The van der Waals surface area contributed by atoms with Crippen LogP contribution < -0.4 is 0 Å². The Morgan fingerprint density at radius 1 is 1.43 bits per heavy atom. The first-order valence-corrected chi connectivity index (χ1v) is 4.89. The zero-order chi connectivity index (χ0) is 10.4. The predicted octanol–water partition coefficient (Wildman–Crippen LogP) is 0.847. The molecule has 0 bridgehead atoms. The zero-order valence-corrected chi connectivity index (χ0v) is 8.02. The van der Waals surface area contributed by atoms with Gasteiger partial charge in [-0.1, -0.05) is 18.0 Å². The lowest BCUT2D eigenvalue weighted by atomic mass is 9.87. The smallest absolute Gasteiger partial charge is 0.311 e. The molecule has 1 rings (SSSR count). The third-order valence-electron chi connectivity index (χ3n) is 2.46. The Kier molecular flexibility index (Phi) is 4.52. The van der Waals surface area contributed by atoms with Gasteiger partial charge >= 0.3 is 5.97 Å². The Morgan fingerprint density at radius 3 is 2.79 bits per heavy atom. The van der Waals surface area contributed by atoms with Gasteiger partial charge in [-0.05, 0) is 12.8 Å². The van der Waals surface area contributed by atoms with Crippen LogP contribution in [0.3, 0.4) is 0 Å². The summed E-state index contributed by atoms with van der Waals surface area (Å²) in [6.07, 6.45) is 2.66. The molecule has 0 spiro atoms. The number of nitrogens with zero attached hydrogens (tertiary/aromatic N) is 1. The van der Waals surface area contributed by atoms with Crippen molar-refractivity contribution >= 4 is 5.97 Å². The van der Waals surface area contributed by atoms with Gasteiger partial charge in [-0.15, -0.1) is 0 Å². The average Bonchev–Trinajstić information content (AvgIpc) is 2.18. The molecule has 1 aliphatic rings. The number of aliphatic hydroxyl groups excluding tert-OH is 1. The second-order valence-electron chi connectivity index (χ2n) is 3.48. The van der Waals surface area contributed by atoms with Crippen molar-refractivity contribution < 1.29 is 14.6 Å². The molecule has 1 saturated carbocycles. The number of nitroso groups, excluding NO2 is 1. The van der Waals surface area contributed by atoms with Crippen LogP contribution in [0.1, 0.15) is 25.7 Å². The highest BCUT2D eigenvalue weighted by Crippen LogP contribution is 2.25. The summed E-state index contributed by atoms with van der Waals surface area (Å²) >= 11 is 0. The van der Waals surface area contributed by atoms with Gasteiger partial charge in [0.15, 0.2) is 0 Å². The van der Waals surface area contributed by atoms with Crippen LogP contribution in [-0.4, -0.2) is 30.3 Å². The highest BCUT2D eigenvalue weighted by Gasteiger charge is 2.30. The summed E-state index contributed by atoms with van der Waals surface area (Å²) in [7, 11) is 0. The van der Waals surface area contributed by atoms with Gasteiger partial charge in [0.25, 0.3) is 0 Å². The van der Waals surface area contributed by atoms with E-state index in [4.69, 9.17) is 4.74 Å². The molecule has 1 fully saturated rings. The van der Waals surface area contributed by atoms with Gasteiger partial charge < -0.3 is 9.84 Å². The SMILES string of the molecule is O=NCCOC(=O)C1CCCCC1O. The molecule has 1 aliphatic carbocycles. The first kappa shape index (κ1) is 11.1. The molecule has 1 N–H and O–H groups in total. The Hall–Kier alpha value is -0.970. The lowest BCUT2D eigenvalue weighted by Gasteiger charge is -2.25. The van der Waals surface area contributed by atoms with Gasteiger partial charge in [0.2, 0.25) is 0 Å². The standard InChI is InChI=1S/C9H15NO4/c11-8-4-2-1-3-7(8)9(12)14-6-5-10-13/h7-8,11H,1-6H2. The summed E-state index contributed by atoms with van der Waals surface area (Å²) in [5.41, 5.74) is 0. The minimum Gasteiger partial charge on any atom is -0.463 e. The number of aliphatic hydroxyl groups is 1. The molecule has 0 aromatic rings. The van der Waals surface area contributed by atoms with Crippen molar-refractivity contribution in [3.05, 3.63) is 4.91 Å². The first-order valence-electron chi connectivity index (χ1n) is 4.89. The Morgan fingerprint density at radius 2 is 2.14 bits per heavy atom. The quantitative estimate of drug-likeness (QED) is 0.415. The van der Waals surface area contributed by atoms with Crippen LogP contribution in [0.4, 0.5) is 0 Å². The van der Waals surface area contributed by atoms with Crippen molar-refractivity contribution in [2.75, 3.05) is 13.2 Å². The zero-order valence-electron chi connectivity index (χ0n) is 8.02. The van der Waals surface area contributed by atoms with E-state index in [1.807, 2.05) is 0 Å². The van der Waals surface area contributed by atoms with E-state index in [2.05, 4.69) is 5.18 Å². The Labute approximate surface area is 82.4 Å². The van der Waals surface area contributed by atoms with Gasteiger partial charge in [0.05, 0.1) is 12.0 Å². The summed E-state index contributed by atoms with van der Waals surface area (Å²) in [4.78, 5) is 21.1. The number of hydrogen-bond acceptors (Lipinski definition) is 5. The molecule has 14 heavy (non-hydrogen) atoms. The van der Waals surface area contributed by atoms with Crippen molar-refractivity contribution in [3.63, 3.8) is 0 Å². The van der Waals surface area contributed by atoms with Crippen LogP contribution in [0, 0.1) is 10.8 Å². The van der Waals surface area contributed by atoms with Crippen LogP contribution in [0.5, 0.6) is 0 Å². The molecule has 5 heteroatoms. The molecule has 0 radical (unpaired) electrons. The molecule has 5 nitrogen and oxygen atoms in total. The monoisotopic (exact) mass is 201 g/mol. The van der Waals surface area contributed by atoms with Crippen LogP contribution in [-0.2, 0) is 9.53 Å². The van der Waals surface area contributed by atoms with E-state index in [0.29, 0.717) is 12.8 Å². The predicted molar refractivity (Wildman–Crippen MR) is 49.6 cm³/mol. The second-order valence-corrected chi connectivity index (χ2v) is 3.48. The summed E-state index contributed by atoms with van der Waals surface area (Å²) in [6, 6.07) is 0. The Bertz CT molecular complexity index is 207. The topological polar surface area (TPSA) is 76.0 Å². The van der Waals surface area contributed by atoms with E-state index >= 15 is 0 Å². The highest BCUT2D eigenvalue weighted by atomic mass is 16.5. The Balaban J connectivity index is 2.30. The summed E-state index contributed by atoms with van der Waals surface area (Å²) in [5, 5.41) is 12.1. The van der Waals surface area contributed by atoms with Crippen LogP contribution in [0.25, 0.3) is 0 Å². The number of carbonyl (C=O) groups excluding carboxylic acids is 1. The minimum absolute atomic E-state index is 0.0193. The summed E-state index contributed by atoms with van der Waals surface area (Å²) in [6.45, 7) is 0.000108. The van der Waals surface area contributed by atoms with Crippen LogP contribution in [0.2, 0.25) is 0 Å². The average molecular weight is 201 g/mol. The van der Waals surface area contributed by atoms with Gasteiger partial charge in [-0.25, -0.2) is 0 Å². The fourth-order valence-corrected chi connectivity index (χ4v) is 1.68. The molecule has 2 atom stereocenters.